The van der Waals surface area contributed by atoms with Gasteiger partial charge in [0.1, 0.15) is 17.3 Å². The fraction of sp³-hybridized carbons (Fsp3) is 0.190. The second kappa shape index (κ2) is 7.66. The van der Waals surface area contributed by atoms with Gasteiger partial charge in [0.05, 0.1) is 12.1 Å². The smallest absolute Gasteiger partial charge is 0.470 e. The molecule has 6 nitrogen and oxygen atoms in total. The molecule has 0 spiro atoms. The Kier molecular flexibility index (Phi) is 5.03. The number of rotatable bonds is 4. The molecule has 3 aromatic rings. The zero-order chi connectivity index (χ0) is 21.3. The lowest BCUT2D eigenvalue weighted by atomic mass is 10.0. The van der Waals surface area contributed by atoms with E-state index < -0.39 is 12.6 Å². The van der Waals surface area contributed by atoms with Crippen LogP contribution in [-0.4, -0.2) is 33.4 Å². The molecule has 0 saturated heterocycles. The van der Waals surface area contributed by atoms with E-state index in [0.717, 1.165) is 0 Å². The Morgan fingerprint density at radius 1 is 1.07 bits per heavy atom. The third-order valence-corrected chi connectivity index (χ3v) is 4.56. The molecular weight excluding hydrogens is 399 g/mol. The van der Waals surface area contributed by atoms with E-state index in [1.165, 1.54) is 29.2 Å². The number of halogens is 3. The van der Waals surface area contributed by atoms with Crippen LogP contribution in [0.25, 0.3) is 11.1 Å². The number of benzene rings is 2. The van der Waals surface area contributed by atoms with Crippen molar-refractivity contribution >= 4 is 5.91 Å². The lowest BCUT2D eigenvalue weighted by molar-refractivity contribution is -0.274. The van der Waals surface area contributed by atoms with Gasteiger partial charge in [0.15, 0.2) is 6.23 Å². The highest BCUT2D eigenvalue weighted by atomic mass is 19.4. The van der Waals surface area contributed by atoms with E-state index in [4.69, 9.17) is 4.74 Å². The van der Waals surface area contributed by atoms with Crippen LogP contribution in [0.3, 0.4) is 0 Å². The molecule has 0 bridgehead atoms. The summed E-state index contributed by atoms with van der Waals surface area (Å²) in [6.07, 6.45) is -2.06. The Hall–Kier alpha value is -3.62. The van der Waals surface area contributed by atoms with Gasteiger partial charge in [-0.05, 0) is 48.4 Å². The minimum absolute atomic E-state index is 0.188. The van der Waals surface area contributed by atoms with Gasteiger partial charge in [0, 0.05) is 12.4 Å². The lowest BCUT2D eigenvalue weighted by Crippen LogP contribution is -2.45. The summed E-state index contributed by atoms with van der Waals surface area (Å²) in [5.41, 5.74) is 1.66. The van der Waals surface area contributed by atoms with Crippen LogP contribution in [0.1, 0.15) is 23.1 Å². The molecule has 0 aliphatic carbocycles. The molecule has 4 rings (SSSR count). The van der Waals surface area contributed by atoms with Gasteiger partial charge in [-0.1, -0.05) is 18.2 Å². The predicted molar refractivity (Wildman–Crippen MR) is 101 cm³/mol. The summed E-state index contributed by atoms with van der Waals surface area (Å²) in [6.45, 7) is 1.95. The average molecular weight is 415 g/mol. The number of carbonyl (C=O) groups is 1. The maximum atomic E-state index is 13.1. The summed E-state index contributed by atoms with van der Waals surface area (Å²) in [5, 5.41) is 0. The molecule has 9 heteroatoms. The first-order chi connectivity index (χ1) is 14.3. The van der Waals surface area contributed by atoms with Crippen LogP contribution < -0.4 is 9.47 Å². The first kappa shape index (κ1) is 19.7. The van der Waals surface area contributed by atoms with Gasteiger partial charge in [-0.15, -0.1) is 13.2 Å². The number of carbonyl (C=O) groups excluding carboxylic acids is 1. The van der Waals surface area contributed by atoms with E-state index in [2.05, 4.69) is 14.7 Å². The molecule has 0 saturated carbocycles. The van der Waals surface area contributed by atoms with Crippen molar-refractivity contribution in [2.75, 3.05) is 0 Å². The summed E-state index contributed by atoms with van der Waals surface area (Å²) >= 11 is 0. The van der Waals surface area contributed by atoms with Crippen molar-refractivity contribution in [1.82, 2.24) is 14.9 Å². The highest BCUT2D eigenvalue weighted by Crippen LogP contribution is 2.33. The first-order valence-electron chi connectivity index (χ1n) is 9.04. The van der Waals surface area contributed by atoms with Crippen molar-refractivity contribution in [2.24, 2.45) is 0 Å². The summed E-state index contributed by atoms with van der Waals surface area (Å²) in [6, 6.07) is 12.2. The molecule has 1 amide bonds. The number of hydrogen-bond donors (Lipinski definition) is 0. The van der Waals surface area contributed by atoms with Crippen LogP contribution in [0.4, 0.5) is 13.2 Å². The Morgan fingerprint density at radius 3 is 2.40 bits per heavy atom. The predicted octanol–water partition coefficient (Wildman–Crippen LogP) is 4.42. The molecule has 1 aliphatic heterocycles. The van der Waals surface area contributed by atoms with Crippen LogP contribution in [0.2, 0.25) is 0 Å². The molecule has 1 aromatic heterocycles. The molecule has 2 aromatic carbocycles. The van der Waals surface area contributed by atoms with Gasteiger partial charge >= 0.3 is 6.36 Å². The number of ether oxygens (including phenoxy) is 2. The number of nitrogens with zero attached hydrogens (tertiary/aromatic N) is 3. The quantitative estimate of drug-likeness (QED) is 0.631. The van der Waals surface area contributed by atoms with Gasteiger partial charge in [0.2, 0.25) is 0 Å². The van der Waals surface area contributed by atoms with Crippen molar-refractivity contribution in [2.45, 2.75) is 26.1 Å². The van der Waals surface area contributed by atoms with E-state index in [1.807, 2.05) is 0 Å². The monoisotopic (exact) mass is 415 g/mol. The average Bonchev–Trinajstić information content (AvgIpc) is 2.71. The Morgan fingerprint density at radius 2 is 1.73 bits per heavy atom. The van der Waals surface area contributed by atoms with Gasteiger partial charge in [-0.3, -0.25) is 9.69 Å². The van der Waals surface area contributed by atoms with E-state index in [9.17, 15) is 18.0 Å². The van der Waals surface area contributed by atoms with E-state index in [1.54, 1.807) is 43.6 Å². The van der Waals surface area contributed by atoms with E-state index >= 15 is 0 Å². The second-order valence-corrected chi connectivity index (χ2v) is 6.60. The standard InChI is InChI=1S/C21H16F3N3O3/c1-13-27(12-19-25-9-2-10-26-19)20(28)17-11-15(5-8-18(17)29-13)14-3-6-16(7-4-14)30-21(22,23)24/h2-11,13H,12H2,1H3. The van der Waals surface area contributed by atoms with Gasteiger partial charge in [-0.25, -0.2) is 9.97 Å². The fourth-order valence-electron chi connectivity index (χ4n) is 3.16. The second-order valence-electron chi connectivity index (χ2n) is 6.60. The van der Waals surface area contributed by atoms with Crippen LogP contribution in [0.5, 0.6) is 11.5 Å². The topological polar surface area (TPSA) is 64.6 Å². The van der Waals surface area contributed by atoms with Crippen LogP contribution in [0, 0.1) is 0 Å². The van der Waals surface area contributed by atoms with Crippen molar-refractivity contribution < 1.29 is 27.4 Å². The summed E-state index contributed by atoms with van der Waals surface area (Å²) < 4.78 is 46.7. The van der Waals surface area contributed by atoms with Gasteiger partial charge in [-0.2, -0.15) is 0 Å². The summed E-state index contributed by atoms with van der Waals surface area (Å²) in [7, 11) is 0. The molecule has 0 fully saturated rings. The minimum atomic E-state index is -4.75. The maximum Gasteiger partial charge on any atom is 0.573 e. The third kappa shape index (κ3) is 4.19. The molecule has 1 atom stereocenters. The van der Waals surface area contributed by atoms with E-state index in [-0.39, 0.29) is 18.2 Å². The SMILES string of the molecule is CC1Oc2ccc(-c3ccc(OC(F)(F)F)cc3)cc2C(=O)N1Cc1ncccn1. The first-order valence-corrected chi connectivity index (χ1v) is 9.04. The molecule has 154 valence electrons. The van der Waals surface area contributed by atoms with Crippen LogP contribution >= 0.6 is 0 Å². The molecular formula is C21H16F3N3O3. The van der Waals surface area contributed by atoms with Crippen molar-refractivity contribution in [1.29, 1.82) is 0 Å². The zero-order valence-electron chi connectivity index (χ0n) is 15.8. The molecule has 30 heavy (non-hydrogen) atoms. The Balaban J connectivity index is 1.59. The molecule has 0 radical (unpaired) electrons. The van der Waals surface area contributed by atoms with Crippen LogP contribution in [0.15, 0.2) is 60.9 Å². The Labute approximate surface area is 169 Å². The number of fused-ring (bicyclic) bond motifs is 1. The third-order valence-electron chi connectivity index (χ3n) is 4.56. The van der Waals surface area contributed by atoms with Gasteiger partial charge in [0.25, 0.3) is 5.91 Å². The Bertz CT molecular complexity index is 1060. The van der Waals surface area contributed by atoms with Crippen molar-refractivity contribution in [3.63, 3.8) is 0 Å². The highest BCUT2D eigenvalue weighted by Gasteiger charge is 2.32. The molecule has 1 aliphatic rings. The van der Waals surface area contributed by atoms with Crippen LogP contribution in [-0.2, 0) is 6.54 Å². The number of aromatic nitrogens is 2. The number of alkyl halides is 3. The fourth-order valence-corrected chi connectivity index (χ4v) is 3.16. The normalized spacial score (nSPS) is 16.1. The molecule has 2 heterocycles. The van der Waals surface area contributed by atoms with Gasteiger partial charge < -0.3 is 9.47 Å². The highest BCUT2D eigenvalue weighted by molar-refractivity contribution is 5.99. The number of amides is 1. The zero-order valence-corrected chi connectivity index (χ0v) is 15.8. The lowest BCUT2D eigenvalue weighted by Gasteiger charge is -2.34. The van der Waals surface area contributed by atoms with E-state index in [0.29, 0.717) is 28.3 Å². The van der Waals surface area contributed by atoms with Crippen molar-refractivity contribution in [3.8, 4) is 22.6 Å². The largest absolute Gasteiger partial charge is 0.573 e. The summed E-state index contributed by atoms with van der Waals surface area (Å²) in [5.74, 6) is 0.376. The van der Waals surface area contributed by atoms with Crippen molar-refractivity contribution in [3.05, 3.63) is 72.3 Å². The minimum Gasteiger partial charge on any atom is -0.470 e. The maximum absolute atomic E-state index is 13.1. The molecule has 0 N–H and O–H groups in total. The summed E-state index contributed by atoms with van der Waals surface area (Å²) in [4.78, 5) is 22.9. The molecule has 1 unspecified atom stereocenters. The number of hydrogen-bond acceptors (Lipinski definition) is 5.